The predicted octanol–water partition coefficient (Wildman–Crippen LogP) is 2.78. The molecule has 1 atom stereocenters. The van der Waals surface area contributed by atoms with Gasteiger partial charge in [0.2, 0.25) is 0 Å². The molecule has 1 aromatic carbocycles. The van der Waals surface area contributed by atoms with Crippen molar-refractivity contribution in [2.75, 3.05) is 20.8 Å². The number of methoxy groups -OCH3 is 2. The minimum Gasteiger partial charge on any atom is -0.497 e. The van der Waals surface area contributed by atoms with Crippen LogP contribution in [0.15, 0.2) is 35.9 Å². The molecule has 21 heavy (non-hydrogen) atoms. The lowest BCUT2D eigenvalue weighted by molar-refractivity contribution is -0.146. The van der Waals surface area contributed by atoms with Crippen molar-refractivity contribution in [3.05, 3.63) is 41.5 Å². The van der Waals surface area contributed by atoms with Crippen molar-refractivity contribution in [1.82, 2.24) is 4.90 Å². The van der Waals surface area contributed by atoms with Gasteiger partial charge in [0.15, 0.2) is 0 Å². The molecule has 4 nitrogen and oxygen atoms in total. The molecule has 114 valence electrons. The Kier molecular flexibility index (Phi) is 5.39. The average molecular weight is 289 g/mol. The van der Waals surface area contributed by atoms with E-state index in [-0.39, 0.29) is 12.0 Å². The summed E-state index contributed by atoms with van der Waals surface area (Å²) in [5.41, 5.74) is 2.49. The van der Waals surface area contributed by atoms with Gasteiger partial charge in [-0.2, -0.15) is 0 Å². The van der Waals surface area contributed by atoms with Crippen LogP contribution < -0.4 is 4.74 Å². The first-order chi connectivity index (χ1) is 10.2. The molecule has 4 heteroatoms. The van der Waals surface area contributed by atoms with Gasteiger partial charge in [0.25, 0.3) is 0 Å². The molecule has 0 aromatic heterocycles. The van der Waals surface area contributed by atoms with Gasteiger partial charge in [-0.25, -0.2) is 0 Å². The molecule has 0 unspecified atom stereocenters. The van der Waals surface area contributed by atoms with Crippen molar-refractivity contribution < 1.29 is 14.3 Å². The number of rotatable bonds is 5. The maximum atomic E-state index is 12.0. The summed E-state index contributed by atoms with van der Waals surface area (Å²) < 4.78 is 10.1. The molecule has 1 aliphatic heterocycles. The van der Waals surface area contributed by atoms with Crippen LogP contribution in [-0.4, -0.2) is 37.7 Å². The van der Waals surface area contributed by atoms with Gasteiger partial charge in [0, 0.05) is 13.1 Å². The summed E-state index contributed by atoms with van der Waals surface area (Å²) in [6.07, 6.45) is 3.99. The van der Waals surface area contributed by atoms with E-state index in [1.54, 1.807) is 7.11 Å². The lowest BCUT2D eigenvalue weighted by atomic mass is 10.1. The normalized spacial score (nSPS) is 20.7. The summed E-state index contributed by atoms with van der Waals surface area (Å²) in [6, 6.07) is 7.79. The summed E-state index contributed by atoms with van der Waals surface area (Å²) in [6.45, 7) is 3.69. The average Bonchev–Trinajstić information content (AvgIpc) is 2.90. The van der Waals surface area contributed by atoms with E-state index in [0.717, 1.165) is 31.7 Å². The number of hydrogen-bond acceptors (Lipinski definition) is 4. The number of benzene rings is 1. The standard InChI is InChI=1S/C17H23NO3/c1-4-5-14-10-16(17(19)21-3)18(12-14)11-13-6-8-15(20-2)9-7-13/h5-9,16H,4,10-12H2,1-3H3/b14-5-/t16-/m0/s1. The van der Waals surface area contributed by atoms with Gasteiger partial charge in [-0.05, 0) is 30.5 Å². The van der Waals surface area contributed by atoms with Crippen molar-refractivity contribution in [3.8, 4) is 5.75 Å². The quantitative estimate of drug-likeness (QED) is 0.617. The van der Waals surface area contributed by atoms with Gasteiger partial charge in [-0.3, -0.25) is 9.69 Å². The van der Waals surface area contributed by atoms with Crippen LogP contribution in [0.5, 0.6) is 5.75 Å². The van der Waals surface area contributed by atoms with Crippen LogP contribution in [-0.2, 0) is 16.1 Å². The van der Waals surface area contributed by atoms with E-state index in [1.165, 1.54) is 18.2 Å². The lowest BCUT2D eigenvalue weighted by Crippen LogP contribution is -2.36. The molecule has 0 saturated carbocycles. The first-order valence-corrected chi connectivity index (χ1v) is 7.30. The zero-order valence-corrected chi connectivity index (χ0v) is 13.0. The number of ether oxygens (including phenoxy) is 2. The number of hydrogen-bond donors (Lipinski definition) is 0. The second-order valence-corrected chi connectivity index (χ2v) is 5.27. The Morgan fingerprint density at radius 3 is 2.62 bits per heavy atom. The first kappa shape index (κ1) is 15.6. The van der Waals surface area contributed by atoms with Crippen molar-refractivity contribution in [1.29, 1.82) is 0 Å². The van der Waals surface area contributed by atoms with E-state index in [0.29, 0.717) is 0 Å². The molecular weight excluding hydrogens is 266 g/mol. The summed E-state index contributed by atoms with van der Waals surface area (Å²) in [5, 5.41) is 0. The minimum absolute atomic E-state index is 0.150. The molecule has 1 aliphatic rings. The Morgan fingerprint density at radius 2 is 2.05 bits per heavy atom. The van der Waals surface area contributed by atoms with Crippen molar-refractivity contribution in [3.63, 3.8) is 0 Å². The number of nitrogens with zero attached hydrogens (tertiary/aromatic N) is 1. The molecule has 1 saturated heterocycles. The highest BCUT2D eigenvalue weighted by Crippen LogP contribution is 2.26. The van der Waals surface area contributed by atoms with Crippen LogP contribution in [0.1, 0.15) is 25.3 Å². The Hall–Kier alpha value is -1.81. The van der Waals surface area contributed by atoms with Gasteiger partial charge in [-0.15, -0.1) is 0 Å². The number of esters is 1. The highest BCUT2D eigenvalue weighted by Gasteiger charge is 2.33. The first-order valence-electron chi connectivity index (χ1n) is 7.30. The van der Waals surface area contributed by atoms with Crippen LogP contribution in [0.25, 0.3) is 0 Å². The number of carbonyl (C=O) groups excluding carboxylic acids is 1. The number of carbonyl (C=O) groups is 1. The summed E-state index contributed by atoms with van der Waals surface area (Å²) in [5.74, 6) is 0.694. The van der Waals surface area contributed by atoms with Crippen LogP contribution in [0.2, 0.25) is 0 Å². The molecule has 0 N–H and O–H groups in total. The van der Waals surface area contributed by atoms with Crippen molar-refractivity contribution in [2.45, 2.75) is 32.4 Å². The third kappa shape index (κ3) is 3.85. The summed E-state index contributed by atoms with van der Waals surface area (Å²) in [7, 11) is 3.11. The van der Waals surface area contributed by atoms with Crippen molar-refractivity contribution >= 4 is 5.97 Å². The molecule has 0 spiro atoms. The maximum Gasteiger partial charge on any atom is 0.323 e. The van der Waals surface area contributed by atoms with Gasteiger partial charge in [0.05, 0.1) is 14.2 Å². The highest BCUT2D eigenvalue weighted by atomic mass is 16.5. The summed E-state index contributed by atoms with van der Waals surface area (Å²) >= 11 is 0. The zero-order chi connectivity index (χ0) is 15.2. The highest BCUT2D eigenvalue weighted by molar-refractivity contribution is 5.76. The van der Waals surface area contributed by atoms with Crippen LogP contribution >= 0.6 is 0 Å². The lowest BCUT2D eigenvalue weighted by Gasteiger charge is -2.21. The zero-order valence-electron chi connectivity index (χ0n) is 13.0. The SMILES string of the molecule is CC/C=C1/C[C@@H](C(=O)OC)N(Cc2ccc(OC)cc2)C1. The number of allylic oxidation sites excluding steroid dienone is 1. The Labute approximate surface area is 126 Å². The third-order valence-electron chi connectivity index (χ3n) is 3.81. The Balaban J connectivity index is 2.10. The Morgan fingerprint density at radius 1 is 1.33 bits per heavy atom. The molecule has 0 bridgehead atoms. The Bertz CT molecular complexity index is 507. The molecule has 0 aliphatic carbocycles. The molecule has 0 radical (unpaired) electrons. The second kappa shape index (κ2) is 7.27. The van der Waals surface area contributed by atoms with Gasteiger partial charge < -0.3 is 9.47 Å². The van der Waals surface area contributed by atoms with Crippen LogP contribution in [0.4, 0.5) is 0 Å². The fourth-order valence-corrected chi connectivity index (χ4v) is 2.75. The topological polar surface area (TPSA) is 38.8 Å². The monoisotopic (exact) mass is 289 g/mol. The molecule has 1 heterocycles. The minimum atomic E-state index is -0.171. The smallest absolute Gasteiger partial charge is 0.323 e. The molecule has 2 rings (SSSR count). The number of likely N-dealkylation sites (tertiary alicyclic amines) is 1. The van der Waals surface area contributed by atoms with Crippen molar-refractivity contribution in [2.24, 2.45) is 0 Å². The third-order valence-corrected chi connectivity index (χ3v) is 3.81. The largest absolute Gasteiger partial charge is 0.497 e. The van der Waals surface area contributed by atoms with Gasteiger partial charge in [-0.1, -0.05) is 30.7 Å². The van der Waals surface area contributed by atoms with Gasteiger partial charge in [0.1, 0.15) is 11.8 Å². The fourth-order valence-electron chi connectivity index (χ4n) is 2.75. The van der Waals surface area contributed by atoms with E-state index < -0.39 is 0 Å². The van der Waals surface area contributed by atoms with Crippen LogP contribution in [0, 0.1) is 0 Å². The van der Waals surface area contributed by atoms with E-state index in [4.69, 9.17) is 9.47 Å². The van der Waals surface area contributed by atoms with E-state index >= 15 is 0 Å². The van der Waals surface area contributed by atoms with E-state index in [1.807, 2.05) is 24.3 Å². The fraction of sp³-hybridized carbons (Fsp3) is 0.471. The predicted molar refractivity (Wildman–Crippen MR) is 82.2 cm³/mol. The van der Waals surface area contributed by atoms with E-state index in [2.05, 4.69) is 17.9 Å². The van der Waals surface area contributed by atoms with E-state index in [9.17, 15) is 4.79 Å². The summed E-state index contributed by atoms with van der Waals surface area (Å²) in [4.78, 5) is 14.1. The second-order valence-electron chi connectivity index (χ2n) is 5.27. The molecule has 1 fully saturated rings. The molecule has 0 amide bonds. The maximum absolute atomic E-state index is 12.0. The molecular formula is C17H23NO3. The van der Waals surface area contributed by atoms with Gasteiger partial charge >= 0.3 is 5.97 Å². The molecule has 1 aromatic rings. The van der Waals surface area contributed by atoms with Crippen LogP contribution in [0.3, 0.4) is 0 Å².